The second-order valence-electron chi connectivity index (χ2n) is 2.99. The maximum atomic E-state index is 11.1. The molecule has 0 aliphatic carbocycles. The average molecular weight is 169 g/mol. The van der Waals surface area contributed by atoms with Crippen LogP contribution in [-0.2, 0) is 14.4 Å². The third kappa shape index (κ3) is 1.69. The van der Waals surface area contributed by atoms with Crippen LogP contribution in [0.15, 0.2) is 0 Å². The van der Waals surface area contributed by atoms with Gasteiger partial charge in [0.2, 0.25) is 5.78 Å². The molecule has 1 aliphatic rings. The van der Waals surface area contributed by atoms with Gasteiger partial charge in [-0.1, -0.05) is 0 Å². The molecule has 1 aliphatic heterocycles. The molecular formula is C8H11NO3. The van der Waals surface area contributed by atoms with Crippen LogP contribution in [0.25, 0.3) is 0 Å². The van der Waals surface area contributed by atoms with E-state index in [4.69, 9.17) is 0 Å². The van der Waals surface area contributed by atoms with Crippen LogP contribution in [0, 0.1) is 5.92 Å². The van der Waals surface area contributed by atoms with Crippen molar-refractivity contribution in [3.8, 4) is 0 Å². The van der Waals surface area contributed by atoms with E-state index in [0.29, 0.717) is 19.5 Å². The van der Waals surface area contributed by atoms with E-state index in [9.17, 15) is 14.4 Å². The van der Waals surface area contributed by atoms with Crippen molar-refractivity contribution < 1.29 is 14.4 Å². The molecule has 1 fully saturated rings. The molecule has 1 unspecified atom stereocenters. The SMILES string of the molecule is CC(=O)C(=O)N1CCC(C=O)C1. The van der Waals surface area contributed by atoms with Crippen molar-refractivity contribution in [2.24, 2.45) is 5.92 Å². The lowest BCUT2D eigenvalue weighted by molar-refractivity contribution is -0.143. The highest BCUT2D eigenvalue weighted by Crippen LogP contribution is 2.13. The van der Waals surface area contributed by atoms with E-state index in [0.717, 1.165) is 6.29 Å². The first-order chi connectivity index (χ1) is 5.65. The van der Waals surface area contributed by atoms with Crippen LogP contribution in [0.1, 0.15) is 13.3 Å². The maximum absolute atomic E-state index is 11.1. The fraction of sp³-hybridized carbons (Fsp3) is 0.625. The van der Waals surface area contributed by atoms with E-state index >= 15 is 0 Å². The zero-order valence-corrected chi connectivity index (χ0v) is 6.95. The second kappa shape index (κ2) is 3.47. The number of ketones is 1. The summed E-state index contributed by atoms with van der Waals surface area (Å²) in [4.78, 5) is 33.5. The molecule has 4 heteroatoms. The van der Waals surface area contributed by atoms with Gasteiger partial charge in [-0.15, -0.1) is 0 Å². The predicted molar refractivity (Wildman–Crippen MR) is 41.4 cm³/mol. The van der Waals surface area contributed by atoms with Crippen LogP contribution >= 0.6 is 0 Å². The summed E-state index contributed by atoms with van der Waals surface area (Å²) < 4.78 is 0. The van der Waals surface area contributed by atoms with Crippen LogP contribution in [0.3, 0.4) is 0 Å². The number of likely N-dealkylation sites (tertiary alicyclic amines) is 1. The van der Waals surface area contributed by atoms with E-state index in [2.05, 4.69) is 0 Å². The van der Waals surface area contributed by atoms with E-state index in [1.807, 2.05) is 0 Å². The minimum Gasteiger partial charge on any atom is -0.335 e. The Morgan fingerprint density at radius 2 is 2.17 bits per heavy atom. The van der Waals surface area contributed by atoms with Gasteiger partial charge in [0.15, 0.2) is 0 Å². The molecule has 0 bridgehead atoms. The maximum Gasteiger partial charge on any atom is 0.289 e. The number of rotatable bonds is 2. The standard InChI is InChI=1S/C8H11NO3/c1-6(11)8(12)9-3-2-7(4-9)5-10/h5,7H,2-4H2,1H3. The number of nitrogens with zero attached hydrogens (tertiary/aromatic N) is 1. The lowest BCUT2D eigenvalue weighted by atomic mass is 10.1. The number of hydrogen-bond donors (Lipinski definition) is 0. The molecule has 0 aromatic heterocycles. The molecular weight excluding hydrogens is 158 g/mol. The Morgan fingerprint density at radius 1 is 1.50 bits per heavy atom. The third-order valence-corrected chi connectivity index (χ3v) is 2.01. The lowest BCUT2D eigenvalue weighted by Gasteiger charge is -2.12. The molecule has 0 N–H and O–H groups in total. The van der Waals surface area contributed by atoms with Crippen molar-refractivity contribution in [1.29, 1.82) is 0 Å². The molecule has 0 aromatic carbocycles. The van der Waals surface area contributed by atoms with Gasteiger partial charge in [-0.3, -0.25) is 9.59 Å². The van der Waals surface area contributed by atoms with Crippen LogP contribution in [-0.4, -0.2) is 36.0 Å². The highest BCUT2D eigenvalue weighted by Gasteiger charge is 2.27. The molecule has 0 saturated carbocycles. The van der Waals surface area contributed by atoms with Gasteiger partial charge in [-0.05, 0) is 6.42 Å². The van der Waals surface area contributed by atoms with Crippen LogP contribution in [0.4, 0.5) is 0 Å². The number of Topliss-reactive ketones (excluding diaryl/α,β-unsaturated/α-hetero) is 1. The van der Waals surface area contributed by atoms with E-state index in [1.165, 1.54) is 11.8 Å². The summed E-state index contributed by atoms with van der Waals surface area (Å²) >= 11 is 0. The topological polar surface area (TPSA) is 54.5 Å². The smallest absolute Gasteiger partial charge is 0.289 e. The van der Waals surface area contributed by atoms with Gasteiger partial charge in [0.1, 0.15) is 6.29 Å². The number of amides is 1. The quantitative estimate of drug-likeness (QED) is 0.418. The summed E-state index contributed by atoms with van der Waals surface area (Å²) in [5.74, 6) is -1.01. The van der Waals surface area contributed by atoms with E-state index < -0.39 is 11.7 Å². The Labute approximate surface area is 70.5 Å². The predicted octanol–water partition coefficient (Wildman–Crippen LogP) is -0.377. The summed E-state index contributed by atoms with van der Waals surface area (Å²) in [5, 5.41) is 0. The van der Waals surface area contributed by atoms with Crippen molar-refractivity contribution >= 4 is 18.0 Å². The lowest BCUT2D eigenvalue weighted by Crippen LogP contribution is -2.33. The van der Waals surface area contributed by atoms with Gasteiger partial charge in [0.25, 0.3) is 5.91 Å². The average Bonchev–Trinajstić information content (AvgIpc) is 2.50. The van der Waals surface area contributed by atoms with Crippen LogP contribution < -0.4 is 0 Å². The molecule has 12 heavy (non-hydrogen) atoms. The molecule has 1 amide bonds. The molecule has 1 saturated heterocycles. The number of carbonyl (C=O) groups excluding carboxylic acids is 3. The molecule has 0 aromatic rings. The fourth-order valence-electron chi connectivity index (χ4n) is 1.31. The summed E-state index contributed by atoms with van der Waals surface area (Å²) in [5.41, 5.74) is 0. The Balaban J connectivity index is 2.52. The van der Waals surface area contributed by atoms with Crippen LogP contribution in [0.5, 0.6) is 0 Å². The first-order valence-electron chi connectivity index (χ1n) is 3.90. The Bertz CT molecular complexity index is 224. The normalized spacial score (nSPS) is 22.4. The molecule has 4 nitrogen and oxygen atoms in total. The van der Waals surface area contributed by atoms with Crippen LogP contribution in [0.2, 0.25) is 0 Å². The van der Waals surface area contributed by atoms with Crippen molar-refractivity contribution in [3.63, 3.8) is 0 Å². The summed E-state index contributed by atoms with van der Waals surface area (Å²) in [7, 11) is 0. The largest absolute Gasteiger partial charge is 0.335 e. The minimum absolute atomic E-state index is 0.0756. The zero-order chi connectivity index (χ0) is 9.14. The molecule has 1 rings (SSSR count). The fourth-order valence-corrected chi connectivity index (χ4v) is 1.31. The summed E-state index contributed by atoms with van der Waals surface area (Å²) in [6.07, 6.45) is 1.52. The molecule has 0 spiro atoms. The highest BCUT2D eigenvalue weighted by molar-refractivity contribution is 6.35. The van der Waals surface area contributed by atoms with Gasteiger partial charge < -0.3 is 9.69 Å². The van der Waals surface area contributed by atoms with Gasteiger partial charge in [-0.25, -0.2) is 0 Å². The van der Waals surface area contributed by atoms with Gasteiger partial charge in [0, 0.05) is 25.9 Å². The Morgan fingerprint density at radius 3 is 2.58 bits per heavy atom. The second-order valence-corrected chi connectivity index (χ2v) is 2.99. The van der Waals surface area contributed by atoms with Gasteiger partial charge in [0.05, 0.1) is 0 Å². The molecule has 0 radical (unpaired) electrons. The molecule has 66 valence electrons. The summed E-state index contributed by atoms with van der Waals surface area (Å²) in [6.45, 7) is 2.18. The third-order valence-electron chi connectivity index (χ3n) is 2.01. The minimum atomic E-state index is -0.473. The monoisotopic (exact) mass is 169 g/mol. The molecule has 1 atom stereocenters. The van der Waals surface area contributed by atoms with Crippen molar-refractivity contribution in [2.75, 3.05) is 13.1 Å². The van der Waals surface area contributed by atoms with Crippen molar-refractivity contribution in [2.45, 2.75) is 13.3 Å². The zero-order valence-electron chi connectivity index (χ0n) is 6.95. The van der Waals surface area contributed by atoms with Crippen molar-refractivity contribution in [3.05, 3.63) is 0 Å². The Kier molecular flexibility index (Phi) is 2.58. The molecule has 1 heterocycles. The number of aldehydes is 1. The summed E-state index contributed by atoms with van der Waals surface area (Å²) in [6, 6.07) is 0. The number of carbonyl (C=O) groups is 3. The van der Waals surface area contributed by atoms with Gasteiger partial charge >= 0.3 is 0 Å². The highest BCUT2D eigenvalue weighted by atomic mass is 16.2. The van der Waals surface area contributed by atoms with E-state index in [1.54, 1.807) is 0 Å². The number of hydrogen-bond acceptors (Lipinski definition) is 3. The first-order valence-corrected chi connectivity index (χ1v) is 3.90. The Hall–Kier alpha value is -1.19. The van der Waals surface area contributed by atoms with Crippen molar-refractivity contribution in [1.82, 2.24) is 4.90 Å². The van der Waals surface area contributed by atoms with E-state index in [-0.39, 0.29) is 5.92 Å². The first kappa shape index (κ1) is 8.90. The van der Waals surface area contributed by atoms with Gasteiger partial charge in [-0.2, -0.15) is 0 Å².